The van der Waals surface area contributed by atoms with Gasteiger partial charge < -0.3 is 4.57 Å². The first-order valence-electron chi connectivity index (χ1n) is 7.66. The lowest BCUT2D eigenvalue weighted by atomic mass is 10.0. The highest BCUT2D eigenvalue weighted by Gasteiger charge is 2.27. The van der Waals surface area contributed by atoms with Gasteiger partial charge in [0.15, 0.2) is 0 Å². The average Bonchev–Trinajstić information content (AvgIpc) is 2.85. The van der Waals surface area contributed by atoms with Crippen molar-refractivity contribution < 1.29 is 0 Å². The number of thioether (sulfide) groups is 1. The van der Waals surface area contributed by atoms with E-state index in [2.05, 4.69) is 49.8 Å². The summed E-state index contributed by atoms with van der Waals surface area (Å²) in [7, 11) is 0. The van der Waals surface area contributed by atoms with Crippen LogP contribution < -0.4 is 0 Å². The van der Waals surface area contributed by atoms with E-state index in [0.717, 1.165) is 37.1 Å². The molecule has 4 heteroatoms. The first-order chi connectivity index (χ1) is 10.1. The van der Waals surface area contributed by atoms with Gasteiger partial charge in [-0.25, -0.2) is 4.98 Å². The van der Waals surface area contributed by atoms with Crippen LogP contribution in [0.5, 0.6) is 0 Å². The van der Waals surface area contributed by atoms with Crippen LogP contribution in [0.1, 0.15) is 38.1 Å². The normalized spacial score (nSPS) is 12.2. The Bertz CT molecular complexity index is 594. The third-order valence-electron chi connectivity index (χ3n) is 4.55. The van der Waals surface area contributed by atoms with Gasteiger partial charge in [-0.1, -0.05) is 26.0 Å². The fourth-order valence-corrected chi connectivity index (χ4v) is 3.91. The maximum atomic E-state index is 5.99. The summed E-state index contributed by atoms with van der Waals surface area (Å²) in [5.74, 6) is 1.74. The Morgan fingerprint density at radius 1 is 1.29 bits per heavy atom. The van der Waals surface area contributed by atoms with Crippen molar-refractivity contribution in [3.63, 3.8) is 0 Å². The smallest absolute Gasteiger partial charge is 0.111 e. The average molecular weight is 325 g/mol. The largest absolute Gasteiger partial charge is 0.327 e. The van der Waals surface area contributed by atoms with Crippen LogP contribution in [0, 0.1) is 6.92 Å². The second kappa shape index (κ2) is 7.06. The first-order valence-corrected chi connectivity index (χ1v) is 9.42. The molecule has 0 radical (unpaired) electrons. The summed E-state index contributed by atoms with van der Waals surface area (Å²) >= 11 is 7.96. The molecule has 2 nitrogen and oxygen atoms in total. The molecule has 0 spiro atoms. The van der Waals surface area contributed by atoms with Crippen LogP contribution in [-0.4, -0.2) is 26.4 Å². The second-order valence-electron chi connectivity index (χ2n) is 5.59. The molecule has 0 amide bonds. The topological polar surface area (TPSA) is 17.8 Å². The number of imidazole rings is 1. The fourth-order valence-electron chi connectivity index (χ4n) is 2.90. The summed E-state index contributed by atoms with van der Waals surface area (Å²) in [6, 6.07) is 6.44. The highest BCUT2D eigenvalue weighted by atomic mass is 35.5. The maximum Gasteiger partial charge on any atom is 0.111 e. The minimum Gasteiger partial charge on any atom is -0.327 e. The number of halogens is 1. The maximum absolute atomic E-state index is 5.99. The second-order valence-corrected chi connectivity index (χ2v) is 7.24. The van der Waals surface area contributed by atoms with Crippen molar-refractivity contribution in [1.29, 1.82) is 0 Å². The molecule has 0 aliphatic carbocycles. The van der Waals surface area contributed by atoms with E-state index >= 15 is 0 Å². The molecule has 0 atom stereocenters. The van der Waals surface area contributed by atoms with Gasteiger partial charge in [0.1, 0.15) is 5.82 Å². The summed E-state index contributed by atoms with van der Waals surface area (Å²) < 4.78 is 2.67. The summed E-state index contributed by atoms with van der Waals surface area (Å²) in [6.45, 7) is 7.70. The number of rotatable bonds is 7. The molecule has 116 valence electrons. The van der Waals surface area contributed by atoms with Crippen molar-refractivity contribution in [1.82, 2.24) is 9.55 Å². The summed E-state index contributed by atoms with van der Waals surface area (Å²) in [6.07, 6.45) is 5.37. The number of hydrogen-bond acceptors (Lipinski definition) is 2. The van der Waals surface area contributed by atoms with Crippen LogP contribution in [0.25, 0.3) is 11.0 Å². The van der Waals surface area contributed by atoms with Crippen molar-refractivity contribution in [3.05, 3.63) is 29.6 Å². The standard InChI is InChI=1S/C17H25ClN2S/c1-5-17(6-2,21-4)12-20-14-9-7-8-13(3)16(14)19-15(20)10-11-18/h7-9H,5-6,10-12H2,1-4H3. The van der Waals surface area contributed by atoms with Crippen LogP contribution in [0.2, 0.25) is 0 Å². The highest BCUT2D eigenvalue weighted by Crippen LogP contribution is 2.34. The van der Waals surface area contributed by atoms with Gasteiger partial charge >= 0.3 is 0 Å². The third kappa shape index (κ3) is 3.24. The summed E-state index contributed by atoms with van der Waals surface area (Å²) in [5, 5.41) is 0. The Labute approximate surface area is 137 Å². The molecule has 21 heavy (non-hydrogen) atoms. The molecule has 0 aliphatic rings. The number of aryl methyl sites for hydroxylation is 2. The minimum atomic E-state index is 0.276. The van der Waals surface area contributed by atoms with Gasteiger partial charge in [-0.15, -0.1) is 11.6 Å². The van der Waals surface area contributed by atoms with E-state index < -0.39 is 0 Å². The SMILES string of the molecule is CCC(CC)(Cn1c(CCCl)nc2c(C)cccc21)SC. The zero-order valence-corrected chi connectivity index (χ0v) is 15.0. The van der Waals surface area contributed by atoms with Gasteiger partial charge in [0.2, 0.25) is 0 Å². The van der Waals surface area contributed by atoms with E-state index in [1.54, 1.807) is 0 Å². The molecule has 0 saturated carbocycles. The Morgan fingerprint density at radius 2 is 2.00 bits per heavy atom. The van der Waals surface area contributed by atoms with Crippen LogP contribution in [0.15, 0.2) is 18.2 Å². The molecule has 1 aromatic heterocycles. The Morgan fingerprint density at radius 3 is 2.57 bits per heavy atom. The Hall–Kier alpha value is -0.670. The molecule has 0 bridgehead atoms. The van der Waals surface area contributed by atoms with Crippen LogP contribution >= 0.6 is 23.4 Å². The van der Waals surface area contributed by atoms with E-state index in [1.165, 1.54) is 11.1 Å². The third-order valence-corrected chi connectivity index (χ3v) is 6.31. The predicted octanol–water partition coefficient (Wildman–Crippen LogP) is 5.05. The van der Waals surface area contributed by atoms with E-state index in [9.17, 15) is 0 Å². The van der Waals surface area contributed by atoms with Gasteiger partial charge in [0, 0.05) is 23.6 Å². The summed E-state index contributed by atoms with van der Waals surface area (Å²) in [4.78, 5) is 4.86. The van der Waals surface area contributed by atoms with E-state index in [-0.39, 0.29) is 4.75 Å². The Kier molecular flexibility index (Phi) is 5.61. The molecule has 0 saturated heterocycles. The van der Waals surface area contributed by atoms with Crippen molar-refractivity contribution in [2.24, 2.45) is 0 Å². The van der Waals surface area contributed by atoms with Gasteiger partial charge in [0.05, 0.1) is 11.0 Å². The van der Waals surface area contributed by atoms with Crippen molar-refractivity contribution >= 4 is 34.4 Å². The van der Waals surface area contributed by atoms with Gasteiger partial charge in [-0.05, 0) is 37.7 Å². The Balaban J connectivity index is 2.55. The van der Waals surface area contributed by atoms with Crippen molar-refractivity contribution in [2.45, 2.75) is 51.3 Å². The summed E-state index contributed by atoms with van der Waals surface area (Å²) in [5.41, 5.74) is 3.61. The fraction of sp³-hybridized carbons (Fsp3) is 0.588. The number of fused-ring (bicyclic) bond motifs is 1. The van der Waals surface area contributed by atoms with Gasteiger partial charge in [-0.3, -0.25) is 0 Å². The van der Waals surface area contributed by atoms with E-state index in [1.807, 2.05) is 11.8 Å². The minimum absolute atomic E-state index is 0.276. The first kappa shape index (κ1) is 16.7. The number of benzene rings is 1. The number of aromatic nitrogens is 2. The molecule has 0 N–H and O–H groups in total. The molecule has 1 aromatic carbocycles. The van der Waals surface area contributed by atoms with Gasteiger partial charge in [0.25, 0.3) is 0 Å². The zero-order chi connectivity index (χ0) is 15.5. The van der Waals surface area contributed by atoms with Crippen molar-refractivity contribution in [2.75, 3.05) is 12.1 Å². The zero-order valence-electron chi connectivity index (χ0n) is 13.4. The number of alkyl halides is 1. The lowest BCUT2D eigenvalue weighted by Crippen LogP contribution is -2.29. The number of para-hydroxylation sites is 1. The van der Waals surface area contributed by atoms with Crippen molar-refractivity contribution in [3.8, 4) is 0 Å². The predicted molar refractivity (Wildman–Crippen MR) is 95.7 cm³/mol. The molecule has 0 unspecified atom stereocenters. The molecular formula is C17H25ClN2S. The number of hydrogen-bond donors (Lipinski definition) is 0. The molecule has 0 aliphatic heterocycles. The quantitative estimate of drug-likeness (QED) is 0.663. The van der Waals surface area contributed by atoms with Crippen LogP contribution in [0.3, 0.4) is 0 Å². The molecular weight excluding hydrogens is 300 g/mol. The lowest BCUT2D eigenvalue weighted by molar-refractivity contribution is 0.464. The molecule has 0 fully saturated rings. The van der Waals surface area contributed by atoms with E-state index in [4.69, 9.17) is 16.6 Å². The van der Waals surface area contributed by atoms with E-state index in [0.29, 0.717) is 5.88 Å². The van der Waals surface area contributed by atoms with Crippen LogP contribution in [-0.2, 0) is 13.0 Å². The molecule has 2 rings (SSSR count). The molecule has 1 heterocycles. The highest BCUT2D eigenvalue weighted by molar-refractivity contribution is 8.00. The van der Waals surface area contributed by atoms with Crippen LogP contribution in [0.4, 0.5) is 0 Å². The lowest BCUT2D eigenvalue weighted by Gasteiger charge is -2.31. The van der Waals surface area contributed by atoms with Gasteiger partial charge in [-0.2, -0.15) is 11.8 Å². The molecule has 2 aromatic rings. The monoisotopic (exact) mass is 324 g/mol. The number of nitrogens with zero attached hydrogens (tertiary/aromatic N) is 2.